The second-order valence-electron chi connectivity index (χ2n) is 6.01. The first-order valence-electron chi connectivity index (χ1n) is 8.40. The Morgan fingerprint density at radius 3 is 2.70 bits per heavy atom. The summed E-state index contributed by atoms with van der Waals surface area (Å²) < 4.78 is 6.95. The Hall–Kier alpha value is -1.82. The summed E-state index contributed by atoms with van der Waals surface area (Å²) in [4.78, 5) is 26.4. The standard InChI is InChI=1S/C17H27N3O3/c1-3-7-18-17(22)13-20-12-16(23-2)15(21)10-14(20)11-19-8-5-4-6-9-19/h10,12H,3-9,11,13H2,1-2H3,(H,18,22). The van der Waals surface area contributed by atoms with Crippen LogP contribution >= 0.6 is 0 Å². The van der Waals surface area contributed by atoms with Crippen LogP contribution < -0.4 is 15.5 Å². The Bertz CT molecular complexity index is 577. The summed E-state index contributed by atoms with van der Waals surface area (Å²) in [5.74, 6) is 0.230. The predicted octanol–water partition coefficient (Wildman–Crippen LogP) is 1.37. The van der Waals surface area contributed by atoms with Gasteiger partial charge in [-0.25, -0.2) is 0 Å². The summed E-state index contributed by atoms with van der Waals surface area (Å²) in [6.07, 6.45) is 6.20. The van der Waals surface area contributed by atoms with Gasteiger partial charge in [-0.15, -0.1) is 0 Å². The molecule has 0 aliphatic carbocycles. The van der Waals surface area contributed by atoms with E-state index in [1.807, 2.05) is 11.5 Å². The van der Waals surface area contributed by atoms with E-state index in [1.165, 1.54) is 26.4 Å². The van der Waals surface area contributed by atoms with E-state index in [9.17, 15) is 9.59 Å². The summed E-state index contributed by atoms with van der Waals surface area (Å²) in [5.41, 5.74) is 0.731. The first-order chi connectivity index (χ1) is 11.1. The highest BCUT2D eigenvalue weighted by atomic mass is 16.5. The topological polar surface area (TPSA) is 63.6 Å². The monoisotopic (exact) mass is 321 g/mol. The molecule has 1 aromatic rings. The predicted molar refractivity (Wildman–Crippen MR) is 89.7 cm³/mol. The van der Waals surface area contributed by atoms with E-state index in [0.29, 0.717) is 13.1 Å². The van der Waals surface area contributed by atoms with E-state index in [0.717, 1.165) is 25.2 Å². The van der Waals surface area contributed by atoms with Crippen LogP contribution in [0.2, 0.25) is 0 Å². The number of methoxy groups -OCH3 is 1. The summed E-state index contributed by atoms with van der Waals surface area (Å²) >= 11 is 0. The van der Waals surface area contributed by atoms with Gasteiger partial charge in [-0.05, 0) is 32.4 Å². The lowest BCUT2D eigenvalue weighted by molar-refractivity contribution is -0.121. The van der Waals surface area contributed by atoms with Crippen molar-refractivity contribution in [2.75, 3.05) is 26.7 Å². The molecule has 1 fully saturated rings. The highest BCUT2D eigenvalue weighted by Gasteiger charge is 2.15. The van der Waals surface area contributed by atoms with Crippen LogP contribution in [-0.2, 0) is 17.9 Å². The maximum Gasteiger partial charge on any atom is 0.239 e. The third kappa shape index (κ3) is 5.10. The van der Waals surface area contributed by atoms with Crippen LogP contribution in [-0.4, -0.2) is 42.1 Å². The van der Waals surface area contributed by atoms with Gasteiger partial charge in [-0.2, -0.15) is 0 Å². The number of carbonyl (C=O) groups is 1. The molecule has 2 rings (SSSR count). The molecule has 1 amide bonds. The number of likely N-dealkylation sites (tertiary alicyclic amines) is 1. The number of carbonyl (C=O) groups excluding carboxylic acids is 1. The molecule has 6 nitrogen and oxygen atoms in total. The number of rotatable bonds is 7. The fourth-order valence-electron chi connectivity index (χ4n) is 2.85. The quantitative estimate of drug-likeness (QED) is 0.824. The van der Waals surface area contributed by atoms with Crippen molar-refractivity contribution in [2.45, 2.75) is 45.7 Å². The zero-order valence-corrected chi connectivity index (χ0v) is 14.1. The number of hydrogen-bond acceptors (Lipinski definition) is 4. The second kappa shape index (κ2) is 8.72. The van der Waals surface area contributed by atoms with Gasteiger partial charge < -0.3 is 14.6 Å². The Morgan fingerprint density at radius 2 is 2.04 bits per heavy atom. The van der Waals surface area contributed by atoms with E-state index in [-0.39, 0.29) is 23.6 Å². The number of piperidine rings is 1. The summed E-state index contributed by atoms with van der Waals surface area (Å²) in [5, 5.41) is 2.87. The van der Waals surface area contributed by atoms with Crippen LogP contribution in [0.3, 0.4) is 0 Å². The molecule has 0 unspecified atom stereocenters. The van der Waals surface area contributed by atoms with Gasteiger partial charge in [0.25, 0.3) is 0 Å². The minimum absolute atomic E-state index is 0.0440. The van der Waals surface area contributed by atoms with Gasteiger partial charge in [0.15, 0.2) is 5.75 Å². The third-order valence-corrected chi connectivity index (χ3v) is 4.12. The van der Waals surface area contributed by atoms with Crippen LogP contribution in [0, 0.1) is 0 Å². The molecule has 0 saturated carbocycles. The number of hydrogen-bond donors (Lipinski definition) is 1. The average Bonchev–Trinajstić information content (AvgIpc) is 2.56. The lowest BCUT2D eigenvalue weighted by Crippen LogP contribution is -2.33. The molecular weight excluding hydrogens is 294 g/mol. The smallest absolute Gasteiger partial charge is 0.239 e. The first kappa shape index (κ1) is 17.5. The van der Waals surface area contributed by atoms with Gasteiger partial charge in [-0.3, -0.25) is 14.5 Å². The first-order valence-corrected chi connectivity index (χ1v) is 8.40. The molecule has 1 aliphatic rings. The molecule has 23 heavy (non-hydrogen) atoms. The zero-order valence-electron chi connectivity index (χ0n) is 14.1. The minimum Gasteiger partial charge on any atom is -0.491 e. The molecule has 1 N–H and O–H groups in total. The van der Waals surface area contributed by atoms with Gasteiger partial charge in [0.05, 0.1) is 13.3 Å². The molecule has 0 radical (unpaired) electrons. The van der Waals surface area contributed by atoms with E-state index < -0.39 is 0 Å². The van der Waals surface area contributed by atoms with Crippen molar-refractivity contribution >= 4 is 5.91 Å². The van der Waals surface area contributed by atoms with Crippen LogP contribution in [0.1, 0.15) is 38.3 Å². The number of aromatic nitrogens is 1. The fraction of sp³-hybridized carbons (Fsp3) is 0.647. The lowest BCUT2D eigenvalue weighted by Gasteiger charge is -2.27. The van der Waals surface area contributed by atoms with Gasteiger partial charge in [0, 0.05) is 24.8 Å². The molecule has 0 spiro atoms. The van der Waals surface area contributed by atoms with Crippen molar-refractivity contribution in [2.24, 2.45) is 0 Å². The number of nitrogens with one attached hydrogen (secondary N) is 1. The fourth-order valence-corrected chi connectivity index (χ4v) is 2.85. The molecule has 128 valence electrons. The Kier molecular flexibility index (Phi) is 6.65. The maximum absolute atomic E-state index is 12.1. The van der Waals surface area contributed by atoms with Crippen LogP contribution in [0.15, 0.2) is 17.1 Å². The zero-order chi connectivity index (χ0) is 16.7. The van der Waals surface area contributed by atoms with Gasteiger partial charge in [0.1, 0.15) is 6.54 Å². The largest absolute Gasteiger partial charge is 0.491 e. The summed E-state index contributed by atoms with van der Waals surface area (Å²) in [7, 11) is 1.47. The van der Waals surface area contributed by atoms with Crippen LogP contribution in [0.5, 0.6) is 5.75 Å². The lowest BCUT2D eigenvalue weighted by atomic mass is 10.1. The molecular formula is C17H27N3O3. The maximum atomic E-state index is 12.1. The summed E-state index contributed by atoms with van der Waals surface area (Å²) in [6.45, 7) is 5.67. The molecule has 1 aromatic heterocycles. The van der Waals surface area contributed by atoms with Gasteiger partial charge >= 0.3 is 0 Å². The number of amides is 1. The average molecular weight is 321 g/mol. The Morgan fingerprint density at radius 1 is 1.30 bits per heavy atom. The molecule has 0 atom stereocenters. The van der Waals surface area contributed by atoms with Crippen molar-refractivity contribution in [3.8, 4) is 5.75 Å². The number of pyridine rings is 1. The normalized spacial score (nSPS) is 15.4. The number of nitrogens with zero attached hydrogens (tertiary/aromatic N) is 2. The van der Waals surface area contributed by atoms with E-state index in [1.54, 1.807) is 12.3 Å². The molecule has 0 aromatic carbocycles. The van der Waals surface area contributed by atoms with Crippen LogP contribution in [0.25, 0.3) is 0 Å². The van der Waals surface area contributed by atoms with Crippen molar-refractivity contribution < 1.29 is 9.53 Å². The highest BCUT2D eigenvalue weighted by molar-refractivity contribution is 5.75. The van der Waals surface area contributed by atoms with Crippen molar-refractivity contribution in [3.63, 3.8) is 0 Å². The van der Waals surface area contributed by atoms with E-state index >= 15 is 0 Å². The molecule has 2 heterocycles. The van der Waals surface area contributed by atoms with Crippen LogP contribution in [0.4, 0.5) is 0 Å². The Balaban J connectivity index is 2.18. The molecule has 6 heteroatoms. The second-order valence-corrected chi connectivity index (χ2v) is 6.01. The van der Waals surface area contributed by atoms with Crippen molar-refractivity contribution in [1.82, 2.24) is 14.8 Å². The summed E-state index contributed by atoms with van der Waals surface area (Å²) in [6, 6.07) is 1.60. The SMILES string of the molecule is CCCNC(=O)Cn1cc(OC)c(=O)cc1CN1CCCCC1. The minimum atomic E-state index is -0.135. The van der Waals surface area contributed by atoms with E-state index in [4.69, 9.17) is 4.74 Å². The van der Waals surface area contributed by atoms with Gasteiger partial charge in [0.2, 0.25) is 11.3 Å². The molecule has 1 aliphatic heterocycles. The molecule has 0 bridgehead atoms. The Labute approximate surface area is 137 Å². The van der Waals surface area contributed by atoms with Crippen molar-refractivity contribution in [1.29, 1.82) is 0 Å². The highest BCUT2D eigenvalue weighted by Crippen LogP contribution is 2.14. The third-order valence-electron chi connectivity index (χ3n) is 4.12. The molecule has 1 saturated heterocycles. The van der Waals surface area contributed by atoms with Gasteiger partial charge in [-0.1, -0.05) is 13.3 Å². The van der Waals surface area contributed by atoms with Crippen molar-refractivity contribution in [3.05, 3.63) is 28.2 Å². The van der Waals surface area contributed by atoms with E-state index in [2.05, 4.69) is 10.2 Å². The number of ether oxygens (including phenoxy) is 1.